The third-order valence-electron chi connectivity index (χ3n) is 8.93. The molecular weight excluding hydrogens is 416 g/mol. The molecule has 2 fully saturated rings. The highest BCUT2D eigenvalue weighted by Crippen LogP contribution is 2.44. The van der Waals surface area contributed by atoms with Crippen molar-refractivity contribution in [2.45, 2.75) is 103 Å². The molecule has 2 aromatic carbocycles. The molecule has 0 radical (unpaired) electrons. The number of ether oxygens (including phenoxy) is 1. The average Bonchev–Trinajstić information content (AvgIpc) is 2.89. The van der Waals surface area contributed by atoms with Gasteiger partial charge in [0.15, 0.2) is 0 Å². The number of carbonyl (C=O) groups excluding carboxylic acids is 1. The van der Waals surface area contributed by atoms with Gasteiger partial charge in [0.2, 0.25) is 0 Å². The zero-order valence-electron chi connectivity index (χ0n) is 21.7. The first-order chi connectivity index (χ1) is 16.5. The van der Waals surface area contributed by atoms with E-state index >= 15 is 0 Å². The van der Waals surface area contributed by atoms with Crippen LogP contribution in [-0.4, -0.2) is 13.1 Å². The zero-order valence-corrected chi connectivity index (χ0v) is 21.7. The van der Waals surface area contributed by atoms with E-state index < -0.39 is 0 Å². The van der Waals surface area contributed by atoms with Crippen LogP contribution in [0.2, 0.25) is 0 Å². The van der Waals surface area contributed by atoms with Crippen LogP contribution in [0, 0.1) is 11.3 Å². The second-order valence-corrected chi connectivity index (χ2v) is 11.3. The molecule has 0 heterocycles. The van der Waals surface area contributed by atoms with Gasteiger partial charge in [0.25, 0.3) is 0 Å². The van der Waals surface area contributed by atoms with Gasteiger partial charge in [-0.05, 0) is 98.3 Å². The van der Waals surface area contributed by atoms with Crippen molar-refractivity contribution in [3.63, 3.8) is 0 Å². The fourth-order valence-electron chi connectivity index (χ4n) is 6.40. The summed E-state index contributed by atoms with van der Waals surface area (Å²) in [4.78, 5) is 12.1. The fraction of sp³-hybridized carbons (Fsp3) is 0.594. The van der Waals surface area contributed by atoms with Crippen molar-refractivity contribution in [3.8, 4) is 11.1 Å². The van der Waals surface area contributed by atoms with Crippen molar-refractivity contribution in [2.75, 3.05) is 7.11 Å². The summed E-state index contributed by atoms with van der Waals surface area (Å²) >= 11 is 0. The van der Waals surface area contributed by atoms with Gasteiger partial charge in [-0.25, -0.2) is 0 Å². The van der Waals surface area contributed by atoms with Gasteiger partial charge < -0.3 is 4.74 Å². The van der Waals surface area contributed by atoms with Crippen molar-refractivity contribution in [1.82, 2.24) is 0 Å². The molecule has 34 heavy (non-hydrogen) atoms. The second-order valence-electron chi connectivity index (χ2n) is 11.3. The SMILES string of the molecule is CCCCC[C@H]1CC[C@H](c2ccc(-c3ccc(C4CCC(C)(C(=O)OC)CC4)cc3)cc2)CC1. The number of esters is 1. The van der Waals surface area contributed by atoms with Gasteiger partial charge >= 0.3 is 5.97 Å². The van der Waals surface area contributed by atoms with Gasteiger partial charge in [-0.3, -0.25) is 4.79 Å². The Labute approximate surface area is 207 Å². The minimum absolute atomic E-state index is 0.0511. The van der Waals surface area contributed by atoms with Crippen LogP contribution in [0.1, 0.15) is 114 Å². The highest BCUT2D eigenvalue weighted by atomic mass is 16.5. The summed E-state index contributed by atoms with van der Waals surface area (Å²) in [6, 6.07) is 18.5. The molecule has 2 aromatic rings. The van der Waals surface area contributed by atoms with E-state index in [0.717, 1.165) is 37.5 Å². The van der Waals surface area contributed by atoms with Crippen molar-refractivity contribution >= 4 is 5.97 Å². The molecule has 0 bridgehead atoms. The molecule has 2 saturated carbocycles. The van der Waals surface area contributed by atoms with Crippen LogP contribution in [-0.2, 0) is 9.53 Å². The van der Waals surface area contributed by atoms with Crippen LogP contribution < -0.4 is 0 Å². The number of carbonyl (C=O) groups is 1. The molecule has 4 rings (SSSR count). The standard InChI is InChI=1S/C32H44O2/c1-4-5-6-7-24-8-10-25(11-9-24)26-12-14-27(15-13-26)28-16-18-29(19-17-28)30-20-22-32(2,23-21-30)31(33)34-3/h12-19,24-25,30H,4-11,20-23H2,1-3H3/t24-,25-,30?,32?. The molecular formula is C32H44O2. The highest BCUT2D eigenvalue weighted by molar-refractivity contribution is 5.76. The lowest BCUT2D eigenvalue weighted by Crippen LogP contribution is -2.33. The Morgan fingerprint density at radius 2 is 1.29 bits per heavy atom. The topological polar surface area (TPSA) is 26.3 Å². The summed E-state index contributed by atoms with van der Waals surface area (Å²) in [6.07, 6.45) is 15.1. The number of methoxy groups -OCH3 is 1. The molecule has 0 saturated heterocycles. The minimum Gasteiger partial charge on any atom is -0.469 e. The predicted molar refractivity (Wildman–Crippen MR) is 142 cm³/mol. The first-order valence-corrected chi connectivity index (χ1v) is 13.8. The van der Waals surface area contributed by atoms with E-state index in [2.05, 4.69) is 62.4 Å². The van der Waals surface area contributed by atoms with Gasteiger partial charge in [-0.15, -0.1) is 0 Å². The number of benzene rings is 2. The molecule has 0 spiro atoms. The number of unbranched alkanes of at least 4 members (excludes halogenated alkanes) is 2. The highest BCUT2D eigenvalue weighted by Gasteiger charge is 2.38. The van der Waals surface area contributed by atoms with Crippen LogP contribution >= 0.6 is 0 Å². The van der Waals surface area contributed by atoms with Crippen molar-refractivity contribution in [3.05, 3.63) is 59.7 Å². The van der Waals surface area contributed by atoms with E-state index in [9.17, 15) is 4.79 Å². The molecule has 0 aliphatic heterocycles. The summed E-state index contributed by atoms with van der Waals surface area (Å²) < 4.78 is 5.03. The maximum Gasteiger partial charge on any atom is 0.311 e. The Bertz CT molecular complexity index is 895. The Morgan fingerprint density at radius 3 is 1.76 bits per heavy atom. The van der Waals surface area contributed by atoms with E-state index in [1.165, 1.54) is 80.7 Å². The van der Waals surface area contributed by atoms with Crippen molar-refractivity contribution < 1.29 is 9.53 Å². The first-order valence-electron chi connectivity index (χ1n) is 13.8. The lowest BCUT2D eigenvalue weighted by atomic mass is 9.70. The van der Waals surface area contributed by atoms with Crippen LogP contribution in [0.5, 0.6) is 0 Å². The minimum atomic E-state index is -0.304. The van der Waals surface area contributed by atoms with Crippen LogP contribution in [0.4, 0.5) is 0 Å². The van der Waals surface area contributed by atoms with E-state index in [1.54, 1.807) is 0 Å². The molecule has 0 atom stereocenters. The Kier molecular flexibility index (Phi) is 8.51. The van der Waals surface area contributed by atoms with Crippen LogP contribution in [0.3, 0.4) is 0 Å². The van der Waals surface area contributed by atoms with Crippen molar-refractivity contribution in [1.29, 1.82) is 0 Å². The first kappa shape index (κ1) is 25.0. The lowest BCUT2D eigenvalue weighted by Gasteiger charge is -2.35. The Hall–Kier alpha value is -2.09. The monoisotopic (exact) mass is 460 g/mol. The largest absolute Gasteiger partial charge is 0.469 e. The molecule has 0 unspecified atom stereocenters. The molecule has 2 aliphatic rings. The summed E-state index contributed by atoms with van der Waals surface area (Å²) in [6.45, 7) is 4.36. The van der Waals surface area contributed by atoms with Crippen LogP contribution in [0.15, 0.2) is 48.5 Å². The van der Waals surface area contributed by atoms with Gasteiger partial charge in [0.1, 0.15) is 0 Å². The van der Waals surface area contributed by atoms with Gasteiger partial charge in [-0.2, -0.15) is 0 Å². The maximum absolute atomic E-state index is 12.1. The molecule has 0 N–H and O–H groups in total. The van der Waals surface area contributed by atoms with E-state index in [0.29, 0.717) is 5.92 Å². The lowest BCUT2D eigenvalue weighted by molar-refractivity contribution is -0.153. The zero-order chi connectivity index (χ0) is 24.0. The van der Waals surface area contributed by atoms with Crippen LogP contribution in [0.25, 0.3) is 11.1 Å². The van der Waals surface area contributed by atoms with Gasteiger partial charge in [0, 0.05) is 0 Å². The van der Waals surface area contributed by atoms with E-state index in [4.69, 9.17) is 4.74 Å². The molecule has 0 amide bonds. The molecule has 2 heteroatoms. The normalized spacial score (nSPS) is 27.3. The molecule has 184 valence electrons. The molecule has 0 aromatic heterocycles. The van der Waals surface area contributed by atoms with Gasteiger partial charge in [-0.1, -0.05) is 81.1 Å². The summed E-state index contributed by atoms with van der Waals surface area (Å²) in [5.74, 6) is 2.22. The second kappa shape index (κ2) is 11.6. The summed E-state index contributed by atoms with van der Waals surface area (Å²) in [5.41, 5.74) is 5.24. The Morgan fingerprint density at radius 1 is 0.794 bits per heavy atom. The quantitative estimate of drug-likeness (QED) is 0.290. The third kappa shape index (κ3) is 5.93. The third-order valence-corrected chi connectivity index (χ3v) is 8.93. The number of hydrogen-bond acceptors (Lipinski definition) is 2. The summed E-state index contributed by atoms with van der Waals surface area (Å²) in [7, 11) is 1.50. The number of rotatable bonds is 8. The fourth-order valence-corrected chi connectivity index (χ4v) is 6.40. The van der Waals surface area contributed by atoms with E-state index in [-0.39, 0.29) is 11.4 Å². The maximum atomic E-state index is 12.1. The molecule has 2 nitrogen and oxygen atoms in total. The smallest absolute Gasteiger partial charge is 0.311 e. The van der Waals surface area contributed by atoms with Crippen molar-refractivity contribution in [2.24, 2.45) is 11.3 Å². The average molecular weight is 461 g/mol. The number of hydrogen-bond donors (Lipinski definition) is 0. The Balaban J connectivity index is 1.30. The van der Waals surface area contributed by atoms with Gasteiger partial charge in [0.05, 0.1) is 12.5 Å². The van der Waals surface area contributed by atoms with E-state index in [1.807, 2.05) is 0 Å². The predicted octanol–water partition coefficient (Wildman–Crippen LogP) is 9.04. The summed E-state index contributed by atoms with van der Waals surface area (Å²) in [5, 5.41) is 0. The molecule has 2 aliphatic carbocycles.